The van der Waals surface area contributed by atoms with Crippen molar-refractivity contribution < 1.29 is 23.8 Å². The molecule has 34 heavy (non-hydrogen) atoms. The molecular weight excluding hydrogens is 439 g/mol. The second-order valence-corrected chi connectivity index (χ2v) is 8.75. The minimum atomic E-state index is -0.957. The zero-order valence-corrected chi connectivity index (χ0v) is 19.4. The summed E-state index contributed by atoms with van der Waals surface area (Å²) >= 11 is 0. The Morgan fingerprint density at radius 3 is 2.35 bits per heavy atom. The number of Topliss-reactive ketones (excluding diaryl/α,β-unsaturated/α-hetero) is 1. The first kappa shape index (κ1) is 24.8. The quantitative estimate of drug-likeness (QED) is 0.380. The highest BCUT2D eigenvalue weighted by atomic mass is 19.1. The molecule has 0 saturated carbocycles. The number of hydrogen-bond donors (Lipinski definition) is 1. The van der Waals surface area contributed by atoms with Gasteiger partial charge in [0.1, 0.15) is 18.2 Å². The number of carbonyl (C=O) groups excluding carboxylic acids is 2. The van der Waals surface area contributed by atoms with E-state index < -0.39 is 28.5 Å². The number of hydrogen-bond acceptors (Lipinski definition) is 6. The largest absolute Gasteiger partial charge is 0.501 e. The molecule has 1 aromatic heterocycles. The van der Waals surface area contributed by atoms with Gasteiger partial charge in [-0.05, 0) is 29.7 Å². The second-order valence-electron chi connectivity index (χ2n) is 8.75. The predicted molar refractivity (Wildman–Crippen MR) is 124 cm³/mol. The van der Waals surface area contributed by atoms with Crippen molar-refractivity contribution in [1.29, 1.82) is 0 Å². The molecule has 8 heteroatoms. The monoisotopic (exact) mass is 466 g/mol. The molecule has 0 fully saturated rings. The van der Waals surface area contributed by atoms with Gasteiger partial charge in [0.2, 0.25) is 5.75 Å². The molecule has 0 atom stereocenters. The predicted octanol–water partition coefficient (Wildman–Crippen LogP) is 3.85. The first-order valence-electron chi connectivity index (χ1n) is 10.9. The van der Waals surface area contributed by atoms with E-state index in [9.17, 15) is 23.9 Å². The highest BCUT2D eigenvalue weighted by molar-refractivity contribution is 5.96. The fourth-order valence-corrected chi connectivity index (χ4v) is 3.65. The van der Waals surface area contributed by atoms with Crippen molar-refractivity contribution in [2.24, 2.45) is 7.05 Å². The summed E-state index contributed by atoms with van der Waals surface area (Å²) in [6.07, 6.45) is 0.173. The lowest BCUT2D eigenvalue weighted by Gasteiger charge is -2.25. The molecule has 0 bridgehead atoms. The summed E-state index contributed by atoms with van der Waals surface area (Å²) in [5.41, 5.74) is -0.495. The van der Waals surface area contributed by atoms with Crippen LogP contribution in [0.4, 0.5) is 4.39 Å². The summed E-state index contributed by atoms with van der Waals surface area (Å²) in [6.45, 7) is 3.54. The zero-order valence-electron chi connectivity index (χ0n) is 19.4. The highest BCUT2D eigenvalue weighted by Gasteiger charge is 2.32. The second kappa shape index (κ2) is 10.4. The van der Waals surface area contributed by atoms with Gasteiger partial charge in [-0.3, -0.25) is 19.0 Å². The molecule has 0 aliphatic rings. The van der Waals surface area contributed by atoms with Crippen molar-refractivity contribution in [2.75, 3.05) is 0 Å². The third-order valence-corrected chi connectivity index (χ3v) is 5.52. The molecule has 178 valence electrons. The van der Waals surface area contributed by atoms with E-state index in [1.165, 1.54) is 19.2 Å². The van der Waals surface area contributed by atoms with Gasteiger partial charge in [0.25, 0.3) is 5.56 Å². The van der Waals surface area contributed by atoms with Crippen LogP contribution in [0, 0.1) is 5.82 Å². The topological polar surface area (TPSA) is 98.5 Å². The molecule has 0 saturated heterocycles. The van der Waals surface area contributed by atoms with Crippen molar-refractivity contribution >= 4 is 11.8 Å². The van der Waals surface area contributed by atoms with Crippen LogP contribution in [-0.2, 0) is 35.0 Å². The van der Waals surface area contributed by atoms with Crippen LogP contribution in [0.2, 0.25) is 0 Å². The number of ether oxygens (including phenoxy) is 1. The number of benzene rings is 2. The molecule has 0 aliphatic carbocycles. The van der Waals surface area contributed by atoms with Crippen molar-refractivity contribution in [3.05, 3.63) is 93.4 Å². The Bertz CT molecular complexity index is 1230. The van der Waals surface area contributed by atoms with Gasteiger partial charge in [-0.15, -0.1) is 0 Å². The Labute approximate surface area is 196 Å². The smallest absolute Gasteiger partial charge is 0.307 e. The van der Waals surface area contributed by atoms with Gasteiger partial charge in [-0.2, -0.15) is 0 Å². The van der Waals surface area contributed by atoms with Gasteiger partial charge in [0.15, 0.2) is 11.5 Å². The summed E-state index contributed by atoms with van der Waals surface area (Å²) in [4.78, 5) is 42.2. The standard InChI is InChI=1S/C26H27FN2O5/c1-26(2,15-21(31)34-16-18-7-5-4-6-8-18)25-28-22(23(32)24(33)29(25)3)20(30)14-11-17-9-12-19(27)13-10-17/h4-10,12-13,32H,11,14-16H2,1-3H3. The first-order chi connectivity index (χ1) is 16.1. The van der Waals surface area contributed by atoms with Crippen LogP contribution < -0.4 is 5.56 Å². The van der Waals surface area contributed by atoms with Crippen molar-refractivity contribution in [3.8, 4) is 5.75 Å². The van der Waals surface area contributed by atoms with E-state index in [-0.39, 0.29) is 36.8 Å². The number of carbonyl (C=O) groups is 2. The Hall–Kier alpha value is -3.81. The molecular formula is C26H27FN2O5. The Morgan fingerprint density at radius 2 is 1.71 bits per heavy atom. The number of nitrogens with zero attached hydrogens (tertiary/aromatic N) is 2. The maximum Gasteiger partial charge on any atom is 0.307 e. The maximum atomic E-state index is 13.1. The SMILES string of the molecule is Cn1c(C(C)(C)CC(=O)OCc2ccccc2)nc(C(=O)CCc2ccc(F)cc2)c(O)c1=O. The van der Waals surface area contributed by atoms with Gasteiger partial charge < -0.3 is 9.84 Å². The molecule has 1 N–H and O–H groups in total. The first-order valence-corrected chi connectivity index (χ1v) is 10.9. The molecule has 0 unspecified atom stereocenters. The van der Waals surface area contributed by atoms with Gasteiger partial charge in [-0.25, -0.2) is 9.37 Å². The molecule has 3 rings (SSSR count). The van der Waals surface area contributed by atoms with Crippen LogP contribution in [0.15, 0.2) is 59.4 Å². The van der Waals surface area contributed by atoms with Crippen LogP contribution in [0.1, 0.15) is 54.1 Å². The van der Waals surface area contributed by atoms with E-state index in [0.717, 1.165) is 15.7 Å². The van der Waals surface area contributed by atoms with Gasteiger partial charge in [0.05, 0.1) is 6.42 Å². The van der Waals surface area contributed by atoms with Crippen LogP contribution in [0.5, 0.6) is 5.75 Å². The molecule has 0 spiro atoms. The minimum Gasteiger partial charge on any atom is -0.501 e. The molecule has 7 nitrogen and oxygen atoms in total. The third-order valence-electron chi connectivity index (χ3n) is 5.52. The van der Waals surface area contributed by atoms with Crippen molar-refractivity contribution in [1.82, 2.24) is 9.55 Å². The zero-order chi connectivity index (χ0) is 24.9. The highest BCUT2D eigenvalue weighted by Crippen LogP contribution is 2.27. The van der Waals surface area contributed by atoms with E-state index in [2.05, 4.69) is 4.98 Å². The summed E-state index contributed by atoms with van der Waals surface area (Å²) < 4.78 is 19.6. The van der Waals surface area contributed by atoms with E-state index >= 15 is 0 Å². The van der Waals surface area contributed by atoms with Crippen LogP contribution >= 0.6 is 0 Å². The van der Waals surface area contributed by atoms with E-state index in [4.69, 9.17) is 4.74 Å². The molecule has 0 aliphatic heterocycles. The van der Waals surface area contributed by atoms with E-state index in [0.29, 0.717) is 6.42 Å². The number of esters is 1. The molecule has 0 radical (unpaired) electrons. The summed E-state index contributed by atoms with van der Waals surface area (Å²) in [7, 11) is 1.42. The number of ketones is 1. The summed E-state index contributed by atoms with van der Waals surface area (Å²) in [5.74, 6) is -1.95. The van der Waals surface area contributed by atoms with Crippen molar-refractivity contribution in [2.45, 2.75) is 45.1 Å². The van der Waals surface area contributed by atoms with Crippen LogP contribution in [-0.4, -0.2) is 26.4 Å². The molecule has 3 aromatic rings. The Morgan fingerprint density at radius 1 is 1.06 bits per heavy atom. The van der Waals surface area contributed by atoms with Crippen LogP contribution in [0.3, 0.4) is 0 Å². The average molecular weight is 467 g/mol. The average Bonchev–Trinajstić information content (AvgIpc) is 2.81. The number of rotatable bonds is 9. The number of aromatic hydroxyl groups is 1. The maximum absolute atomic E-state index is 13.1. The van der Waals surface area contributed by atoms with E-state index in [1.54, 1.807) is 26.0 Å². The number of halogens is 1. The lowest BCUT2D eigenvalue weighted by Crippen LogP contribution is -2.34. The molecule has 0 amide bonds. The molecule has 1 heterocycles. The minimum absolute atomic E-state index is 0.0294. The lowest BCUT2D eigenvalue weighted by molar-refractivity contribution is -0.146. The fourth-order valence-electron chi connectivity index (χ4n) is 3.65. The van der Waals surface area contributed by atoms with Crippen molar-refractivity contribution in [3.63, 3.8) is 0 Å². The van der Waals surface area contributed by atoms with Gasteiger partial charge >= 0.3 is 5.97 Å². The number of aryl methyl sites for hydroxylation is 1. The number of aromatic nitrogens is 2. The molecule has 2 aromatic carbocycles. The lowest BCUT2D eigenvalue weighted by atomic mass is 9.87. The normalized spacial score (nSPS) is 11.3. The third kappa shape index (κ3) is 5.95. The van der Waals surface area contributed by atoms with E-state index in [1.807, 2.05) is 30.3 Å². The van der Waals surface area contributed by atoms with Crippen LogP contribution in [0.25, 0.3) is 0 Å². The summed E-state index contributed by atoms with van der Waals surface area (Å²) in [6, 6.07) is 15.0. The Kier molecular flexibility index (Phi) is 7.61. The van der Waals surface area contributed by atoms with Gasteiger partial charge in [0, 0.05) is 18.9 Å². The fraction of sp³-hybridized carbons (Fsp3) is 0.308. The Balaban J connectivity index is 1.77. The summed E-state index contributed by atoms with van der Waals surface area (Å²) in [5, 5.41) is 10.3. The van der Waals surface area contributed by atoms with Gasteiger partial charge in [-0.1, -0.05) is 56.3 Å².